The topological polar surface area (TPSA) is 87.7 Å². The zero-order valence-electron chi connectivity index (χ0n) is 19.9. The van der Waals surface area contributed by atoms with E-state index in [1.165, 1.54) is 29.2 Å². The Morgan fingerprint density at radius 3 is 2.68 bits per heavy atom. The highest BCUT2D eigenvalue weighted by atomic mass is 19.4. The molecule has 11 heteroatoms. The number of halogens is 4. The molecule has 0 saturated carbocycles. The van der Waals surface area contributed by atoms with Crippen molar-refractivity contribution in [3.05, 3.63) is 65.0 Å². The summed E-state index contributed by atoms with van der Waals surface area (Å²) in [7, 11) is 0. The van der Waals surface area contributed by atoms with Gasteiger partial charge in [-0.3, -0.25) is 14.4 Å². The summed E-state index contributed by atoms with van der Waals surface area (Å²) in [6.07, 6.45) is -3.62. The van der Waals surface area contributed by atoms with Crippen molar-refractivity contribution in [3.8, 4) is 5.75 Å². The molecule has 0 spiro atoms. The minimum atomic E-state index is -4.54. The van der Waals surface area contributed by atoms with Crippen molar-refractivity contribution in [2.45, 2.75) is 37.9 Å². The first-order valence-electron chi connectivity index (χ1n) is 12.0. The fraction of sp³-hybridized carbons (Fsp3) is 0.423. The molecule has 4 rings (SSSR count). The van der Waals surface area contributed by atoms with E-state index in [-0.39, 0.29) is 48.9 Å². The van der Waals surface area contributed by atoms with Crippen molar-refractivity contribution in [2.75, 3.05) is 26.2 Å². The molecule has 2 N–H and O–H groups in total. The van der Waals surface area contributed by atoms with Crippen molar-refractivity contribution in [3.63, 3.8) is 0 Å². The Hall–Kier alpha value is -3.63. The lowest BCUT2D eigenvalue weighted by atomic mass is 10.0. The summed E-state index contributed by atoms with van der Waals surface area (Å²) >= 11 is 0. The molecule has 37 heavy (non-hydrogen) atoms. The lowest BCUT2D eigenvalue weighted by molar-refractivity contribution is -0.138. The Balaban J connectivity index is 1.58. The number of carbonyl (C=O) groups excluding carboxylic acids is 3. The van der Waals surface area contributed by atoms with Crippen molar-refractivity contribution < 1.29 is 36.7 Å². The smallest absolute Gasteiger partial charge is 0.416 e. The zero-order valence-corrected chi connectivity index (χ0v) is 19.9. The van der Waals surface area contributed by atoms with E-state index in [4.69, 9.17) is 4.74 Å². The normalized spacial score (nSPS) is 21.1. The number of rotatable bonds is 2. The van der Waals surface area contributed by atoms with E-state index in [0.717, 1.165) is 18.2 Å². The average molecular weight is 522 g/mol. The summed E-state index contributed by atoms with van der Waals surface area (Å²) in [6.45, 7) is 0.623. The number of ether oxygens (including phenoxy) is 1. The minimum Gasteiger partial charge on any atom is -0.493 e. The quantitative estimate of drug-likeness (QED) is 0.594. The number of carbonyl (C=O) groups is 3. The van der Waals surface area contributed by atoms with Gasteiger partial charge in [-0.05, 0) is 49.1 Å². The van der Waals surface area contributed by atoms with Crippen LogP contribution in [0.5, 0.6) is 5.75 Å². The molecule has 0 radical (unpaired) electrons. The van der Waals surface area contributed by atoms with Crippen LogP contribution in [-0.2, 0) is 22.2 Å². The molecule has 198 valence electrons. The zero-order chi connectivity index (χ0) is 26.6. The molecule has 2 aromatic carbocycles. The monoisotopic (exact) mass is 521 g/mol. The van der Waals surface area contributed by atoms with Crippen molar-refractivity contribution >= 4 is 17.7 Å². The highest BCUT2D eigenvalue weighted by Gasteiger charge is 2.33. The molecule has 1 saturated heterocycles. The molecule has 0 aromatic heterocycles. The second-order valence-corrected chi connectivity index (χ2v) is 9.25. The molecule has 0 unspecified atom stereocenters. The number of alkyl halides is 3. The van der Waals surface area contributed by atoms with Gasteiger partial charge >= 0.3 is 6.18 Å². The number of benzene rings is 2. The fourth-order valence-corrected chi connectivity index (χ4v) is 4.55. The van der Waals surface area contributed by atoms with Crippen molar-refractivity contribution in [1.29, 1.82) is 0 Å². The van der Waals surface area contributed by atoms with Crippen LogP contribution in [0.25, 0.3) is 0 Å². The van der Waals surface area contributed by atoms with Gasteiger partial charge in [0.2, 0.25) is 11.8 Å². The van der Waals surface area contributed by atoms with E-state index in [0.29, 0.717) is 25.8 Å². The number of hydrogen-bond donors (Lipinski definition) is 2. The van der Waals surface area contributed by atoms with E-state index >= 15 is 0 Å². The Kier molecular flexibility index (Phi) is 7.99. The number of nitrogens with zero attached hydrogens (tertiary/aromatic N) is 1. The first kappa shape index (κ1) is 26.4. The number of hydrogen-bond acceptors (Lipinski definition) is 4. The molecule has 3 amide bonds. The van der Waals surface area contributed by atoms with E-state index in [9.17, 15) is 31.9 Å². The minimum absolute atomic E-state index is 0.0173. The van der Waals surface area contributed by atoms with Gasteiger partial charge in [0, 0.05) is 25.7 Å². The van der Waals surface area contributed by atoms with Gasteiger partial charge in [-0.2, -0.15) is 13.2 Å². The summed E-state index contributed by atoms with van der Waals surface area (Å²) in [5.74, 6) is -2.25. The van der Waals surface area contributed by atoms with Crippen LogP contribution in [0.3, 0.4) is 0 Å². The third kappa shape index (κ3) is 6.78. The van der Waals surface area contributed by atoms with Crippen LogP contribution in [0.2, 0.25) is 0 Å². The van der Waals surface area contributed by atoms with Gasteiger partial charge in [0.25, 0.3) is 5.91 Å². The lowest BCUT2D eigenvalue weighted by Crippen LogP contribution is -2.46. The van der Waals surface area contributed by atoms with Gasteiger partial charge < -0.3 is 20.3 Å². The molecule has 0 aliphatic carbocycles. The van der Waals surface area contributed by atoms with Gasteiger partial charge in [0.1, 0.15) is 11.6 Å². The van der Waals surface area contributed by atoms with Crippen LogP contribution in [0.4, 0.5) is 17.6 Å². The molecular formula is C26H27F4N3O4. The van der Waals surface area contributed by atoms with Crippen LogP contribution >= 0.6 is 0 Å². The van der Waals surface area contributed by atoms with E-state index < -0.39 is 41.3 Å². The maximum absolute atomic E-state index is 13.9. The predicted molar refractivity (Wildman–Crippen MR) is 125 cm³/mol. The summed E-state index contributed by atoms with van der Waals surface area (Å²) in [4.78, 5) is 40.5. The Morgan fingerprint density at radius 2 is 1.89 bits per heavy atom. The van der Waals surface area contributed by atoms with Crippen LogP contribution in [0.15, 0.2) is 42.5 Å². The largest absolute Gasteiger partial charge is 0.493 e. The van der Waals surface area contributed by atoms with Crippen LogP contribution in [0, 0.1) is 11.7 Å². The third-order valence-electron chi connectivity index (χ3n) is 6.48. The Morgan fingerprint density at radius 1 is 1.08 bits per heavy atom. The second kappa shape index (κ2) is 11.2. The van der Waals surface area contributed by atoms with Gasteiger partial charge in [0.05, 0.1) is 30.1 Å². The molecule has 2 bridgehead atoms. The molecule has 7 nitrogen and oxygen atoms in total. The average Bonchev–Trinajstić information content (AvgIpc) is 3.06. The maximum atomic E-state index is 13.9. The lowest BCUT2D eigenvalue weighted by Gasteiger charge is -2.27. The van der Waals surface area contributed by atoms with Crippen LogP contribution in [0.1, 0.15) is 40.7 Å². The first-order valence-corrected chi connectivity index (χ1v) is 12.0. The number of likely N-dealkylation sites (tertiary alicyclic amines) is 1. The predicted octanol–water partition coefficient (Wildman–Crippen LogP) is 3.32. The highest BCUT2D eigenvalue weighted by Crippen LogP contribution is 2.30. The Bertz CT molecular complexity index is 1170. The summed E-state index contributed by atoms with van der Waals surface area (Å²) < 4.78 is 58.9. The van der Waals surface area contributed by atoms with E-state index in [1.807, 2.05) is 0 Å². The van der Waals surface area contributed by atoms with Crippen LogP contribution in [-0.4, -0.2) is 54.9 Å². The number of nitrogens with one attached hydrogen (secondary N) is 2. The summed E-state index contributed by atoms with van der Waals surface area (Å²) in [5, 5.41) is 5.65. The third-order valence-corrected chi connectivity index (χ3v) is 6.48. The van der Waals surface area contributed by atoms with Crippen molar-refractivity contribution in [2.24, 2.45) is 5.92 Å². The molecule has 1 fully saturated rings. The van der Waals surface area contributed by atoms with Gasteiger partial charge in [-0.15, -0.1) is 0 Å². The van der Waals surface area contributed by atoms with Crippen LogP contribution < -0.4 is 15.4 Å². The molecule has 2 aromatic rings. The molecule has 2 atom stereocenters. The Labute approximate surface area is 211 Å². The van der Waals surface area contributed by atoms with Crippen molar-refractivity contribution in [1.82, 2.24) is 15.5 Å². The first-order chi connectivity index (χ1) is 17.6. The van der Waals surface area contributed by atoms with Gasteiger partial charge in [-0.25, -0.2) is 4.39 Å². The SMILES string of the molecule is O=C1N[C@@H]2CC[C@@H](CN(C(=O)Cc3cccc(C(F)(F)F)c3)C2)C(=O)NCCCOc2ccc(F)cc21. The maximum Gasteiger partial charge on any atom is 0.416 e. The van der Waals surface area contributed by atoms with E-state index in [1.54, 1.807) is 0 Å². The van der Waals surface area contributed by atoms with Gasteiger partial charge in [0.15, 0.2) is 0 Å². The highest BCUT2D eigenvalue weighted by molar-refractivity contribution is 5.97. The van der Waals surface area contributed by atoms with Gasteiger partial charge in [-0.1, -0.05) is 18.2 Å². The van der Waals surface area contributed by atoms with E-state index in [2.05, 4.69) is 10.6 Å². The molecular weight excluding hydrogens is 494 g/mol. The molecule has 2 aliphatic heterocycles. The molecule has 2 aliphatic rings. The number of amides is 3. The second-order valence-electron chi connectivity index (χ2n) is 9.25. The fourth-order valence-electron chi connectivity index (χ4n) is 4.55. The summed E-state index contributed by atoms with van der Waals surface area (Å²) in [5.41, 5.74) is -0.642. The molecule has 2 heterocycles. The number of fused-ring (bicyclic) bond motifs is 4. The summed E-state index contributed by atoms with van der Waals surface area (Å²) in [6, 6.07) is 7.61. The standard InChI is InChI=1S/C26H27F4N3O4/c27-19-6-8-22-21(13-19)25(36)32-20-7-5-17(24(35)31-9-2-10-37-22)14-33(15-20)23(34)12-16-3-1-4-18(11-16)26(28,29)30/h1,3-4,6,8,11,13,17,20H,2,5,7,9-10,12,14-15H2,(H,31,35)(H,32,36)/t17-,20+/m0/s1.